The summed E-state index contributed by atoms with van der Waals surface area (Å²) in [4.78, 5) is 39.1. The third-order valence-electron chi connectivity index (χ3n) is 4.90. The molecule has 132 valence electrons. The van der Waals surface area contributed by atoms with Crippen LogP contribution in [0.15, 0.2) is 41.5 Å². The van der Waals surface area contributed by atoms with Gasteiger partial charge in [-0.3, -0.25) is 4.79 Å². The van der Waals surface area contributed by atoms with Crippen LogP contribution < -0.4 is 0 Å². The first-order chi connectivity index (χ1) is 12.0. The summed E-state index contributed by atoms with van der Waals surface area (Å²) in [7, 11) is 1.21. The van der Waals surface area contributed by atoms with E-state index in [-0.39, 0.29) is 11.5 Å². The molecule has 3 rings (SSSR count). The molecule has 0 radical (unpaired) electrons. The number of rotatable bonds is 3. The number of carbonyl (C=O) groups is 3. The highest BCUT2D eigenvalue weighted by Crippen LogP contribution is 2.40. The molecule has 1 unspecified atom stereocenters. The average Bonchev–Trinajstić information content (AvgIpc) is 2.77. The topological polar surface area (TPSA) is 72.9 Å². The Hall–Kier alpha value is -2.63. The fraction of sp³-hybridized carbons (Fsp3) is 0.421. The van der Waals surface area contributed by atoms with Crippen molar-refractivity contribution < 1.29 is 23.9 Å². The summed E-state index contributed by atoms with van der Waals surface area (Å²) in [6.45, 7) is 2.65. The molecule has 0 aromatic heterocycles. The van der Waals surface area contributed by atoms with E-state index < -0.39 is 17.5 Å². The van der Waals surface area contributed by atoms with E-state index in [1.165, 1.54) is 7.11 Å². The number of benzene rings is 1. The molecule has 0 N–H and O–H groups in total. The Morgan fingerprint density at radius 2 is 1.96 bits per heavy atom. The molecule has 0 bridgehead atoms. The van der Waals surface area contributed by atoms with Gasteiger partial charge in [0, 0.05) is 25.1 Å². The molecule has 2 aliphatic rings. The molecule has 1 saturated heterocycles. The zero-order valence-corrected chi connectivity index (χ0v) is 14.4. The molecule has 1 atom stereocenters. The summed E-state index contributed by atoms with van der Waals surface area (Å²) in [5.74, 6) is -1.80. The van der Waals surface area contributed by atoms with Crippen molar-refractivity contribution in [2.75, 3.05) is 13.7 Å². The Labute approximate surface area is 146 Å². The standard InChI is InChI=1S/C19H21NO5/c1-13-15(16(21)24-2)17(22)25-19(13)10-6-7-11-20(18(19)23)12-14-8-4-3-5-9-14/h3-5,8-9H,6-7,10-12H2,1-2H3. The van der Waals surface area contributed by atoms with Crippen LogP contribution in [0.4, 0.5) is 0 Å². The van der Waals surface area contributed by atoms with Gasteiger partial charge in [0.2, 0.25) is 5.60 Å². The van der Waals surface area contributed by atoms with Crippen molar-refractivity contribution in [1.82, 2.24) is 4.90 Å². The molecule has 2 aliphatic heterocycles. The van der Waals surface area contributed by atoms with Crippen LogP contribution in [-0.2, 0) is 30.4 Å². The predicted octanol–water partition coefficient (Wildman–Crippen LogP) is 1.98. The molecule has 1 fully saturated rings. The summed E-state index contributed by atoms with van der Waals surface area (Å²) < 4.78 is 10.2. The Balaban J connectivity index is 1.95. The van der Waals surface area contributed by atoms with Gasteiger partial charge in [-0.15, -0.1) is 0 Å². The molecule has 1 aromatic rings. The first-order valence-corrected chi connectivity index (χ1v) is 8.36. The molecular formula is C19H21NO5. The molecule has 6 heteroatoms. The number of hydrogen-bond donors (Lipinski definition) is 0. The van der Waals surface area contributed by atoms with Gasteiger partial charge < -0.3 is 14.4 Å². The maximum atomic E-state index is 13.2. The number of carbonyl (C=O) groups excluding carboxylic acids is 3. The third-order valence-corrected chi connectivity index (χ3v) is 4.90. The zero-order chi connectivity index (χ0) is 18.0. The van der Waals surface area contributed by atoms with Crippen molar-refractivity contribution in [3.8, 4) is 0 Å². The van der Waals surface area contributed by atoms with Gasteiger partial charge in [-0.05, 0) is 25.3 Å². The summed E-state index contributed by atoms with van der Waals surface area (Å²) >= 11 is 0. The lowest BCUT2D eigenvalue weighted by Crippen LogP contribution is -2.48. The van der Waals surface area contributed by atoms with E-state index >= 15 is 0 Å². The van der Waals surface area contributed by atoms with Crippen LogP contribution in [-0.4, -0.2) is 42.0 Å². The van der Waals surface area contributed by atoms with Crippen molar-refractivity contribution in [3.63, 3.8) is 0 Å². The number of likely N-dealkylation sites (tertiary alicyclic amines) is 1. The van der Waals surface area contributed by atoms with Crippen LogP contribution in [0.3, 0.4) is 0 Å². The van der Waals surface area contributed by atoms with Crippen LogP contribution in [0.5, 0.6) is 0 Å². The third kappa shape index (κ3) is 2.92. The molecule has 0 aliphatic carbocycles. The molecule has 2 heterocycles. The maximum Gasteiger partial charge on any atom is 0.347 e. The molecule has 1 aromatic carbocycles. The predicted molar refractivity (Wildman–Crippen MR) is 89.2 cm³/mol. The highest BCUT2D eigenvalue weighted by molar-refractivity contribution is 6.18. The Kier molecular flexibility index (Phi) is 4.61. The Bertz CT molecular complexity index is 739. The van der Waals surface area contributed by atoms with E-state index in [1.807, 2.05) is 30.3 Å². The average molecular weight is 343 g/mol. The van der Waals surface area contributed by atoms with Crippen molar-refractivity contribution in [2.45, 2.75) is 38.3 Å². The number of ether oxygens (including phenoxy) is 2. The first-order valence-electron chi connectivity index (χ1n) is 8.36. The highest BCUT2D eigenvalue weighted by atomic mass is 16.6. The second-order valence-electron chi connectivity index (χ2n) is 6.38. The summed E-state index contributed by atoms with van der Waals surface area (Å²) in [5, 5.41) is 0. The van der Waals surface area contributed by atoms with Crippen molar-refractivity contribution in [2.24, 2.45) is 0 Å². The van der Waals surface area contributed by atoms with Crippen LogP contribution in [0, 0.1) is 0 Å². The normalized spacial score (nSPS) is 23.7. The molecule has 1 spiro atoms. The van der Waals surface area contributed by atoms with Gasteiger partial charge >= 0.3 is 11.9 Å². The van der Waals surface area contributed by atoms with Gasteiger partial charge in [0.15, 0.2) is 0 Å². The van der Waals surface area contributed by atoms with Crippen LogP contribution >= 0.6 is 0 Å². The van der Waals surface area contributed by atoms with E-state index in [9.17, 15) is 14.4 Å². The summed E-state index contributed by atoms with van der Waals surface area (Å²) in [6.07, 6.45) is 1.93. The van der Waals surface area contributed by atoms with E-state index in [2.05, 4.69) is 4.74 Å². The van der Waals surface area contributed by atoms with Gasteiger partial charge in [0.25, 0.3) is 5.91 Å². The number of methoxy groups -OCH3 is 1. The van der Waals surface area contributed by atoms with Gasteiger partial charge in [0.05, 0.1) is 7.11 Å². The highest BCUT2D eigenvalue weighted by Gasteiger charge is 2.55. The number of nitrogens with zero attached hydrogens (tertiary/aromatic N) is 1. The summed E-state index contributed by atoms with van der Waals surface area (Å²) in [6, 6.07) is 9.67. The number of hydrogen-bond acceptors (Lipinski definition) is 5. The monoisotopic (exact) mass is 343 g/mol. The lowest BCUT2D eigenvalue weighted by molar-refractivity contribution is -0.163. The van der Waals surface area contributed by atoms with Gasteiger partial charge in [-0.25, -0.2) is 9.59 Å². The maximum absolute atomic E-state index is 13.2. The summed E-state index contributed by atoms with van der Waals surface area (Å²) in [5.41, 5.74) is -0.176. The lowest BCUT2D eigenvalue weighted by atomic mass is 9.87. The lowest BCUT2D eigenvalue weighted by Gasteiger charge is -2.31. The molecule has 0 saturated carbocycles. The van der Waals surface area contributed by atoms with E-state index in [4.69, 9.17) is 4.74 Å². The van der Waals surface area contributed by atoms with Crippen LogP contribution in [0.2, 0.25) is 0 Å². The Morgan fingerprint density at radius 3 is 2.64 bits per heavy atom. The van der Waals surface area contributed by atoms with E-state index in [1.54, 1.807) is 11.8 Å². The smallest absolute Gasteiger partial charge is 0.347 e. The fourth-order valence-electron chi connectivity index (χ4n) is 3.52. The minimum atomic E-state index is -1.38. The van der Waals surface area contributed by atoms with Gasteiger partial charge in [-0.1, -0.05) is 30.3 Å². The number of esters is 2. The first kappa shape index (κ1) is 17.2. The van der Waals surface area contributed by atoms with Crippen molar-refractivity contribution in [1.29, 1.82) is 0 Å². The number of amides is 1. The molecule has 6 nitrogen and oxygen atoms in total. The van der Waals surface area contributed by atoms with E-state index in [0.717, 1.165) is 18.4 Å². The molecule has 25 heavy (non-hydrogen) atoms. The van der Waals surface area contributed by atoms with Gasteiger partial charge in [0.1, 0.15) is 5.57 Å². The van der Waals surface area contributed by atoms with E-state index in [0.29, 0.717) is 25.1 Å². The van der Waals surface area contributed by atoms with Crippen molar-refractivity contribution >= 4 is 17.8 Å². The molecular weight excluding hydrogens is 322 g/mol. The second kappa shape index (κ2) is 6.70. The zero-order valence-electron chi connectivity index (χ0n) is 14.4. The minimum Gasteiger partial charge on any atom is -0.465 e. The van der Waals surface area contributed by atoms with Gasteiger partial charge in [-0.2, -0.15) is 0 Å². The quantitative estimate of drug-likeness (QED) is 0.620. The largest absolute Gasteiger partial charge is 0.465 e. The van der Waals surface area contributed by atoms with Crippen LogP contribution in [0.1, 0.15) is 31.7 Å². The SMILES string of the molecule is COC(=O)C1=C(C)C2(CCCCN(Cc3ccccc3)C2=O)OC1=O. The molecule has 1 amide bonds. The Morgan fingerprint density at radius 1 is 1.24 bits per heavy atom. The minimum absolute atomic E-state index is 0.155. The fourth-order valence-corrected chi connectivity index (χ4v) is 3.52. The second-order valence-corrected chi connectivity index (χ2v) is 6.38. The van der Waals surface area contributed by atoms with Crippen LogP contribution in [0.25, 0.3) is 0 Å². The van der Waals surface area contributed by atoms with Crippen molar-refractivity contribution in [3.05, 3.63) is 47.0 Å².